The number of hydrogen-bond acceptors (Lipinski definition) is 3. The van der Waals surface area contributed by atoms with Crippen LogP contribution in [0.1, 0.15) is 16.1 Å². The maximum absolute atomic E-state index is 13.3. The molecule has 6 heteroatoms. The lowest BCUT2D eigenvalue weighted by Gasteiger charge is -2.02. The molecule has 0 amide bonds. The maximum Gasteiger partial charge on any atom is 0.215 e. The molecule has 2 rings (SSSR count). The molecule has 2 aromatic heterocycles. The van der Waals surface area contributed by atoms with Gasteiger partial charge >= 0.3 is 0 Å². The van der Waals surface area contributed by atoms with Crippen LogP contribution >= 0.6 is 11.6 Å². The third kappa shape index (κ3) is 1.69. The monoisotopic (exact) mass is 239 g/mol. The molecule has 0 radical (unpaired) electrons. The highest BCUT2D eigenvalue weighted by molar-refractivity contribution is 6.34. The molecule has 2 heterocycles. The molecule has 0 unspecified atom stereocenters. The van der Waals surface area contributed by atoms with Gasteiger partial charge in [0.15, 0.2) is 5.82 Å². The summed E-state index contributed by atoms with van der Waals surface area (Å²) in [6, 6.07) is 1.31. The van der Waals surface area contributed by atoms with Crippen molar-refractivity contribution in [1.82, 2.24) is 14.8 Å². The lowest BCUT2D eigenvalue weighted by Crippen LogP contribution is -2.10. The van der Waals surface area contributed by atoms with Gasteiger partial charge in [-0.05, 0) is 6.07 Å². The van der Waals surface area contributed by atoms with E-state index in [1.807, 2.05) is 0 Å². The summed E-state index contributed by atoms with van der Waals surface area (Å²) in [6.45, 7) is 0. The third-order valence-corrected chi connectivity index (χ3v) is 2.40. The minimum absolute atomic E-state index is 0.0690. The summed E-state index contributed by atoms with van der Waals surface area (Å²) in [7, 11) is 1.57. The van der Waals surface area contributed by atoms with Crippen LogP contribution in [0.25, 0.3) is 0 Å². The van der Waals surface area contributed by atoms with Crippen LogP contribution in [0.15, 0.2) is 24.7 Å². The molecule has 4 nitrogen and oxygen atoms in total. The fourth-order valence-electron chi connectivity index (χ4n) is 1.35. The summed E-state index contributed by atoms with van der Waals surface area (Å²) >= 11 is 5.80. The predicted molar refractivity (Wildman–Crippen MR) is 55.8 cm³/mol. The highest BCUT2D eigenvalue weighted by Crippen LogP contribution is 2.19. The van der Waals surface area contributed by atoms with Crippen LogP contribution in [0.4, 0.5) is 4.39 Å². The second kappa shape index (κ2) is 4.02. The lowest BCUT2D eigenvalue weighted by atomic mass is 10.1. The van der Waals surface area contributed by atoms with Gasteiger partial charge in [-0.2, -0.15) is 5.10 Å². The smallest absolute Gasteiger partial charge is 0.215 e. The first kappa shape index (κ1) is 10.8. The first-order chi connectivity index (χ1) is 7.61. The van der Waals surface area contributed by atoms with Gasteiger partial charge < -0.3 is 0 Å². The highest BCUT2D eigenvalue weighted by Gasteiger charge is 2.20. The molecule has 16 heavy (non-hydrogen) atoms. The van der Waals surface area contributed by atoms with Crippen molar-refractivity contribution in [3.05, 3.63) is 46.8 Å². The highest BCUT2D eigenvalue weighted by atomic mass is 35.5. The van der Waals surface area contributed by atoms with Gasteiger partial charge in [-0.3, -0.25) is 14.5 Å². The Balaban J connectivity index is 2.52. The topological polar surface area (TPSA) is 47.8 Å². The van der Waals surface area contributed by atoms with E-state index in [1.54, 1.807) is 7.05 Å². The molecule has 0 saturated carbocycles. The van der Waals surface area contributed by atoms with E-state index in [0.717, 1.165) is 6.20 Å². The predicted octanol–water partition coefficient (Wildman–Crippen LogP) is 1.84. The van der Waals surface area contributed by atoms with Crippen LogP contribution in [0.3, 0.4) is 0 Å². The standard InChI is InChI=1S/C10H7ClFN3O/c1-15-9(7(11)4-14-15)10(16)6-2-3-13-5-8(6)12/h2-5H,1H3. The van der Waals surface area contributed by atoms with Crippen LogP contribution in [0.5, 0.6) is 0 Å². The van der Waals surface area contributed by atoms with E-state index < -0.39 is 11.6 Å². The summed E-state index contributed by atoms with van der Waals surface area (Å²) in [5.74, 6) is -1.19. The Hall–Kier alpha value is -1.75. The van der Waals surface area contributed by atoms with Crippen molar-refractivity contribution in [3.8, 4) is 0 Å². The Labute approximate surface area is 95.7 Å². The van der Waals surface area contributed by atoms with Crippen LogP contribution in [0, 0.1) is 5.82 Å². The number of pyridine rings is 1. The Morgan fingerprint density at radius 3 is 2.81 bits per heavy atom. The number of aryl methyl sites for hydroxylation is 1. The van der Waals surface area contributed by atoms with Crippen molar-refractivity contribution in [1.29, 1.82) is 0 Å². The van der Waals surface area contributed by atoms with Crippen molar-refractivity contribution in [3.63, 3.8) is 0 Å². The summed E-state index contributed by atoms with van der Waals surface area (Å²) in [5, 5.41) is 4.02. The Bertz CT molecular complexity index is 533. The zero-order valence-electron chi connectivity index (χ0n) is 8.32. The van der Waals surface area contributed by atoms with Crippen molar-refractivity contribution in [2.24, 2.45) is 7.05 Å². The number of carbonyl (C=O) groups excluding carboxylic acids is 1. The van der Waals surface area contributed by atoms with E-state index in [2.05, 4.69) is 10.1 Å². The molecule has 0 fully saturated rings. The molecule has 0 bridgehead atoms. The van der Waals surface area contributed by atoms with Gasteiger partial charge in [-0.15, -0.1) is 0 Å². The molecule has 0 atom stereocenters. The minimum atomic E-state index is -0.676. The van der Waals surface area contributed by atoms with Gasteiger partial charge in [0, 0.05) is 13.2 Å². The SMILES string of the molecule is Cn1ncc(Cl)c1C(=O)c1ccncc1F. The molecule has 0 aliphatic heterocycles. The molecular formula is C10H7ClFN3O. The quantitative estimate of drug-likeness (QED) is 0.752. The van der Waals surface area contributed by atoms with Gasteiger partial charge in [-0.25, -0.2) is 4.39 Å². The van der Waals surface area contributed by atoms with Crippen LogP contribution in [-0.2, 0) is 7.05 Å². The Morgan fingerprint density at radius 1 is 1.50 bits per heavy atom. The summed E-state index contributed by atoms with van der Waals surface area (Å²) < 4.78 is 14.6. The Morgan fingerprint density at radius 2 is 2.25 bits per heavy atom. The van der Waals surface area contributed by atoms with Crippen molar-refractivity contribution >= 4 is 17.4 Å². The number of hydrogen-bond donors (Lipinski definition) is 0. The van der Waals surface area contributed by atoms with E-state index in [4.69, 9.17) is 11.6 Å². The van der Waals surface area contributed by atoms with E-state index in [9.17, 15) is 9.18 Å². The van der Waals surface area contributed by atoms with Gasteiger partial charge in [0.25, 0.3) is 0 Å². The molecule has 0 aliphatic rings. The zero-order valence-corrected chi connectivity index (χ0v) is 9.07. The number of aromatic nitrogens is 3. The molecule has 2 aromatic rings. The van der Waals surface area contributed by atoms with Gasteiger partial charge in [0.1, 0.15) is 5.69 Å². The average molecular weight is 240 g/mol. The number of rotatable bonds is 2. The van der Waals surface area contributed by atoms with Crippen LogP contribution < -0.4 is 0 Å². The van der Waals surface area contributed by atoms with Crippen LogP contribution in [0.2, 0.25) is 5.02 Å². The first-order valence-electron chi connectivity index (χ1n) is 4.43. The molecule has 0 aliphatic carbocycles. The van der Waals surface area contributed by atoms with E-state index in [1.165, 1.54) is 23.1 Å². The summed E-state index contributed by atoms with van der Waals surface area (Å²) in [6.07, 6.45) is 3.67. The van der Waals surface area contributed by atoms with E-state index in [-0.39, 0.29) is 16.3 Å². The fraction of sp³-hybridized carbons (Fsp3) is 0.100. The summed E-state index contributed by atoms with van der Waals surface area (Å²) in [5.41, 5.74) is 0.0901. The van der Waals surface area contributed by atoms with Gasteiger partial charge in [-0.1, -0.05) is 11.6 Å². The third-order valence-electron chi connectivity index (χ3n) is 2.13. The van der Waals surface area contributed by atoms with E-state index in [0.29, 0.717) is 0 Å². The zero-order chi connectivity index (χ0) is 11.7. The normalized spacial score (nSPS) is 10.4. The number of nitrogens with zero attached hydrogens (tertiary/aromatic N) is 3. The summed E-state index contributed by atoms with van der Waals surface area (Å²) in [4.78, 5) is 15.5. The minimum Gasteiger partial charge on any atom is -0.287 e. The average Bonchev–Trinajstić information content (AvgIpc) is 2.58. The molecule has 0 N–H and O–H groups in total. The van der Waals surface area contributed by atoms with Crippen molar-refractivity contribution in [2.45, 2.75) is 0 Å². The molecule has 0 spiro atoms. The first-order valence-corrected chi connectivity index (χ1v) is 4.80. The largest absolute Gasteiger partial charge is 0.287 e. The Kier molecular flexibility index (Phi) is 2.70. The molecule has 0 aromatic carbocycles. The lowest BCUT2D eigenvalue weighted by molar-refractivity contribution is 0.102. The fourth-order valence-corrected chi connectivity index (χ4v) is 1.60. The van der Waals surface area contributed by atoms with Gasteiger partial charge in [0.2, 0.25) is 5.78 Å². The van der Waals surface area contributed by atoms with E-state index >= 15 is 0 Å². The molecule has 82 valence electrons. The number of ketones is 1. The number of carbonyl (C=O) groups is 1. The maximum atomic E-state index is 13.3. The second-order valence-electron chi connectivity index (χ2n) is 3.15. The number of halogens is 2. The van der Waals surface area contributed by atoms with Crippen LogP contribution in [-0.4, -0.2) is 20.5 Å². The second-order valence-corrected chi connectivity index (χ2v) is 3.56. The van der Waals surface area contributed by atoms with Crippen molar-refractivity contribution in [2.75, 3.05) is 0 Å². The van der Waals surface area contributed by atoms with Crippen molar-refractivity contribution < 1.29 is 9.18 Å². The molecular weight excluding hydrogens is 233 g/mol. The molecule has 0 saturated heterocycles. The van der Waals surface area contributed by atoms with Gasteiger partial charge in [0.05, 0.1) is 23.0 Å².